The van der Waals surface area contributed by atoms with Crippen molar-refractivity contribution in [3.63, 3.8) is 0 Å². The van der Waals surface area contributed by atoms with Crippen LogP contribution in [0.3, 0.4) is 0 Å². The quantitative estimate of drug-likeness (QED) is 0.164. The zero-order valence-corrected chi connectivity index (χ0v) is 13.9. The van der Waals surface area contributed by atoms with Gasteiger partial charge in [-0.15, -0.1) is 0 Å². The summed E-state index contributed by atoms with van der Waals surface area (Å²) < 4.78 is 35.5. The smallest absolute Gasteiger partial charge is 0.748 e. The number of carbonyl (C=O) groups excluding carboxylic acids is 2. The van der Waals surface area contributed by atoms with Crippen molar-refractivity contribution < 1.29 is 56.9 Å². The molecule has 0 heterocycles. The second kappa shape index (κ2) is 10.4. The molecule has 0 fully saturated rings. The van der Waals surface area contributed by atoms with Gasteiger partial charge in [-0.25, -0.2) is 13.2 Å². The van der Waals surface area contributed by atoms with Crippen LogP contribution in [-0.2, 0) is 24.4 Å². The summed E-state index contributed by atoms with van der Waals surface area (Å²) in [6, 6.07) is 0. The van der Waals surface area contributed by atoms with Crippen LogP contribution >= 0.6 is 0 Å². The van der Waals surface area contributed by atoms with E-state index < -0.39 is 27.7 Å². The van der Waals surface area contributed by atoms with Crippen LogP contribution in [0.25, 0.3) is 0 Å². The molecule has 0 aliphatic rings. The van der Waals surface area contributed by atoms with E-state index in [1.807, 2.05) is 0 Å². The average molecular weight is 301 g/mol. The standard InChI is InChI=1S/C10H17NO6S.Na/c1-8(2)10(13)17-6-3-4-9(12)11-5-7-18(14,15)16;/h1,3-7H2,2H3,(H,11,12)(H,14,15,16);/q;+1/p-1. The van der Waals surface area contributed by atoms with Gasteiger partial charge >= 0.3 is 35.5 Å². The van der Waals surface area contributed by atoms with Crippen molar-refractivity contribution in [1.29, 1.82) is 0 Å². The number of hydrogen-bond acceptors (Lipinski definition) is 6. The number of nitrogens with one attached hydrogen (secondary N) is 1. The van der Waals surface area contributed by atoms with Crippen molar-refractivity contribution in [1.82, 2.24) is 5.32 Å². The van der Waals surface area contributed by atoms with E-state index in [2.05, 4.69) is 11.9 Å². The number of ether oxygens (including phenoxy) is 1. The van der Waals surface area contributed by atoms with Crippen molar-refractivity contribution in [3.05, 3.63) is 12.2 Å². The van der Waals surface area contributed by atoms with Gasteiger partial charge in [-0.05, 0) is 13.3 Å². The Bertz CT molecular complexity index is 420. The molecular weight excluding hydrogens is 285 g/mol. The molecule has 0 bridgehead atoms. The van der Waals surface area contributed by atoms with Crippen molar-refractivity contribution in [2.75, 3.05) is 18.9 Å². The van der Waals surface area contributed by atoms with E-state index in [4.69, 9.17) is 4.74 Å². The molecule has 0 rings (SSSR count). The fourth-order valence-electron chi connectivity index (χ4n) is 0.925. The fourth-order valence-corrected chi connectivity index (χ4v) is 1.28. The van der Waals surface area contributed by atoms with Crippen LogP contribution in [0, 0.1) is 0 Å². The molecule has 0 atom stereocenters. The van der Waals surface area contributed by atoms with Crippen molar-refractivity contribution in [2.45, 2.75) is 19.8 Å². The molecule has 9 heteroatoms. The molecule has 0 radical (unpaired) electrons. The number of rotatable bonds is 8. The summed E-state index contributed by atoms with van der Waals surface area (Å²) in [7, 11) is -4.31. The van der Waals surface area contributed by atoms with Crippen LogP contribution in [0.1, 0.15) is 19.8 Å². The Morgan fingerprint density at radius 3 is 2.42 bits per heavy atom. The van der Waals surface area contributed by atoms with E-state index in [1.54, 1.807) is 0 Å². The average Bonchev–Trinajstić information content (AvgIpc) is 2.22. The third kappa shape index (κ3) is 13.8. The Morgan fingerprint density at radius 1 is 1.37 bits per heavy atom. The molecule has 7 nitrogen and oxygen atoms in total. The number of esters is 1. The molecule has 1 N–H and O–H groups in total. The van der Waals surface area contributed by atoms with Crippen molar-refractivity contribution in [2.24, 2.45) is 0 Å². The summed E-state index contributed by atoms with van der Waals surface area (Å²) in [5, 5.41) is 2.27. The van der Waals surface area contributed by atoms with E-state index in [0.717, 1.165) is 0 Å². The molecular formula is C10H16NNaO6S. The van der Waals surface area contributed by atoms with Gasteiger partial charge in [0.05, 0.1) is 22.5 Å². The Kier molecular flexibility index (Phi) is 11.4. The molecule has 0 saturated carbocycles. The first-order chi connectivity index (χ1) is 8.22. The zero-order chi connectivity index (χ0) is 14.2. The SMILES string of the molecule is C=C(C)C(=O)OCCCC(=O)NCCS(=O)(=O)[O-].[Na+]. The van der Waals surface area contributed by atoms with Crippen molar-refractivity contribution in [3.8, 4) is 0 Å². The second-order valence-corrected chi connectivity index (χ2v) is 5.16. The molecule has 1 amide bonds. The van der Waals surface area contributed by atoms with E-state index in [9.17, 15) is 22.6 Å². The van der Waals surface area contributed by atoms with Gasteiger partial charge in [-0.2, -0.15) is 0 Å². The van der Waals surface area contributed by atoms with Gasteiger partial charge in [-0.3, -0.25) is 4.79 Å². The van der Waals surface area contributed by atoms with Crippen LogP contribution < -0.4 is 34.9 Å². The van der Waals surface area contributed by atoms with Crippen LogP contribution in [0.4, 0.5) is 0 Å². The van der Waals surface area contributed by atoms with Gasteiger partial charge in [0.25, 0.3) is 0 Å². The van der Waals surface area contributed by atoms with Crippen molar-refractivity contribution >= 4 is 22.0 Å². The third-order valence-corrected chi connectivity index (χ3v) is 2.51. The maximum absolute atomic E-state index is 11.1. The molecule has 0 unspecified atom stereocenters. The van der Waals surface area contributed by atoms with Crippen LogP contribution in [0.2, 0.25) is 0 Å². The molecule has 0 aromatic heterocycles. The summed E-state index contributed by atoms with van der Waals surface area (Å²) in [4.78, 5) is 22.1. The third-order valence-electron chi connectivity index (χ3n) is 1.80. The second-order valence-electron chi connectivity index (χ2n) is 3.63. The van der Waals surface area contributed by atoms with E-state index in [0.29, 0.717) is 6.42 Å². The molecule has 0 aliphatic heterocycles. The predicted octanol–water partition coefficient (Wildman–Crippen LogP) is -3.45. The minimum atomic E-state index is -4.31. The molecule has 0 saturated heterocycles. The summed E-state index contributed by atoms with van der Waals surface area (Å²) >= 11 is 0. The summed E-state index contributed by atoms with van der Waals surface area (Å²) in [6.45, 7) is 4.77. The van der Waals surface area contributed by atoms with Gasteiger partial charge in [0.1, 0.15) is 0 Å². The molecule has 104 valence electrons. The normalized spacial score (nSPS) is 10.2. The molecule has 19 heavy (non-hydrogen) atoms. The first kappa shape index (κ1) is 20.9. The number of carbonyl (C=O) groups is 2. The van der Waals surface area contributed by atoms with Gasteiger partial charge in [0.2, 0.25) is 5.91 Å². The summed E-state index contributed by atoms with van der Waals surface area (Å²) in [5.74, 6) is -1.55. The number of hydrogen-bond donors (Lipinski definition) is 1. The maximum Gasteiger partial charge on any atom is 1.00 e. The minimum absolute atomic E-state index is 0. The first-order valence-corrected chi connectivity index (χ1v) is 6.83. The Morgan fingerprint density at radius 2 is 1.95 bits per heavy atom. The van der Waals surface area contributed by atoms with E-state index >= 15 is 0 Å². The van der Waals surface area contributed by atoms with Crippen LogP contribution in [-0.4, -0.2) is 43.8 Å². The summed E-state index contributed by atoms with van der Waals surface area (Å²) in [6.07, 6.45) is 0.400. The first-order valence-electron chi connectivity index (χ1n) is 5.25. The van der Waals surface area contributed by atoms with Gasteiger partial charge < -0.3 is 14.6 Å². The topological polar surface area (TPSA) is 113 Å². The molecule has 0 aromatic rings. The fraction of sp³-hybridized carbons (Fsp3) is 0.600. The number of amides is 1. The molecule has 0 aromatic carbocycles. The molecule has 0 aliphatic carbocycles. The maximum atomic E-state index is 11.1. The Labute approximate surface area is 134 Å². The minimum Gasteiger partial charge on any atom is -0.748 e. The van der Waals surface area contributed by atoms with Gasteiger partial charge in [0, 0.05) is 18.5 Å². The summed E-state index contributed by atoms with van der Waals surface area (Å²) in [5.41, 5.74) is 0.278. The molecule has 0 spiro atoms. The Balaban J connectivity index is 0. The predicted molar refractivity (Wildman–Crippen MR) is 62.6 cm³/mol. The van der Waals surface area contributed by atoms with E-state index in [1.165, 1.54) is 6.92 Å². The largest absolute Gasteiger partial charge is 1.00 e. The monoisotopic (exact) mass is 301 g/mol. The Hall–Kier alpha value is -0.410. The zero-order valence-electron chi connectivity index (χ0n) is 11.1. The van der Waals surface area contributed by atoms with Gasteiger partial charge in [-0.1, -0.05) is 6.58 Å². The van der Waals surface area contributed by atoms with Crippen LogP contribution in [0.5, 0.6) is 0 Å². The van der Waals surface area contributed by atoms with E-state index in [-0.39, 0.29) is 54.7 Å². The van der Waals surface area contributed by atoms with Crippen LogP contribution in [0.15, 0.2) is 12.2 Å². The van der Waals surface area contributed by atoms with Gasteiger partial charge in [0.15, 0.2) is 0 Å².